The van der Waals surface area contributed by atoms with Crippen molar-refractivity contribution in [3.05, 3.63) is 110 Å². The third kappa shape index (κ3) is 9.82. The fraction of sp³-hybridized carbons (Fsp3) is 0.509. The van der Waals surface area contributed by atoms with Crippen molar-refractivity contribution in [1.82, 2.24) is 4.98 Å². The van der Waals surface area contributed by atoms with Crippen LogP contribution in [0.25, 0.3) is 22.0 Å². The summed E-state index contributed by atoms with van der Waals surface area (Å²) in [6, 6.07) is 21.0. The van der Waals surface area contributed by atoms with Gasteiger partial charge in [0.15, 0.2) is 0 Å². The van der Waals surface area contributed by atoms with Crippen LogP contribution in [0.3, 0.4) is 0 Å². The van der Waals surface area contributed by atoms with Crippen LogP contribution >= 0.6 is 0 Å². The number of nitrogens with zero attached hydrogens (tertiary/aromatic N) is 1. The maximum atomic E-state index is 7.06. The molecule has 5 aromatic rings. The lowest BCUT2D eigenvalue weighted by Crippen LogP contribution is -2.16. The van der Waals surface area contributed by atoms with Gasteiger partial charge < -0.3 is 18.9 Å². The van der Waals surface area contributed by atoms with Gasteiger partial charge in [0.25, 0.3) is 0 Å². The van der Waals surface area contributed by atoms with Gasteiger partial charge in [-0.15, -0.1) is 0 Å². The van der Waals surface area contributed by atoms with Gasteiger partial charge in [0.1, 0.15) is 23.0 Å². The van der Waals surface area contributed by atoms with Gasteiger partial charge in [0, 0.05) is 47.0 Å². The van der Waals surface area contributed by atoms with Crippen LogP contribution in [0.1, 0.15) is 171 Å². The van der Waals surface area contributed by atoms with Crippen LogP contribution < -0.4 is 18.9 Å². The molecular weight excluding hydrogens is 739 g/mol. The third-order valence-electron chi connectivity index (χ3n) is 11.7. The quantitative estimate of drug-likeness (QED) is 0.123. The van der Waals surface area contributed by atoms with Crippen molar-refractivity contribution < 1.29 is 18.9 Å². The monoisotopic (exact) mass is 812 g/mol. The molecule has 6 rings (SSSR count). The van der Waals surface area contributed by atoms with Crippen molar-refractivity contribution in [3.63, 3.8) is 0 Å². The Kier molecular flexibility index (Phi) is 13.7. The second-order valence-corrected chi connectivity index (χ2v) is 20.2. The highest BCUT2D eigenvalue weighted by Crippen LogP contribution is 2.49. The lowest BCUT2D eigenvalue weighted by molar-refractivity contribution is 0.307. The number of aromatic nitrogens is 1. The summed E-state index contributed by atoms with van der Waals surface area (Å²) < 4.78 is 28.0. The summed E-state index contributed by atoms with van der Waals surface area (Å²) in [4.78, 5) is 5.23. The van der Waals surface area contributed by atoms with Gasteiger partial charge in [-0.2, -0.15) is 0 Å². The minimum atomic E-state index is -0.136. The summed E-state index contributed by atoms with van der Waals surface area (Å²) in [7, 11) is 0. The van der Waals surface area contributed by atoms with Crippen LogP contribution in [-0.2, 0) is 35.5 Å². The Balaban J connectivity index is 1.88. The molecule has 0 radical (unpaired) electrons. The molecule has 322 valence electrons. The van der Waals surface area contributed by atoms with Crippen LogP contribution in [0.2, 0.25) is 0 Å². The molecule has 1 heterocycles. The maximum Gasteiger partial charge on any atom is 0.131 e. The highest BCUT2D eigenvalue weighted by atomic mass is 16.5. The first kappa shape index (κ1) is 45.0. The predicted octanol–water partition coefficient (Wildman–Crippen LogP) is 14.3. The molecule has 0 spiro atoms. The zero-order valence-corrected chi connectivity index (χ0v) is 39.6. The average Bonchev–Trinajstić information content (AvgIpc) is 3.17. The van der Waals surface area contributed by atoms with Crippen molar-refractivity contribution in [2.75, 3.05) is 26.4 Å². The standard InChI is InChI=1S/C55H73NO4/c1-15-21-57-49-36-25-37-28-42(54(9,10)11)31-40(50(37)58-22-16-2)32-45-44-20-19-35(5)56-48(44)34-47(52(45)60-24-18-4)46-33-43(55(12,13)14)30-39(51(46)59-23-17-3)26-38(49)29-41(27-36)53(6,7)8/h19-20,27-31,33-34H,15-18,21-26,32H2,1-14H3. The molecule has 0 N–H and O–H groups in total. The predicted molar refractivity (Wildman–Crippen MR) is 252 cm³/mol. The zero-order valence-electron chi connectivity index (χ0n) is 39.6. The molecule has 0 atom stereocenters. The van der Waals surface area contributed by atoms with E-state index in [0.717, 1.165) is 93.1 Å². The number of ether oxygens (including phenoxy) is 4. The summed E-state index contributed by atoms with van der Waals surface area (Å²) in [6.07, 6.45) is 5.56. The van der Waals surface area contributed by atoms with E-state index in [1.165, 1.54) is 33.4 Å². The topological polar surface area (TPSA) is 49.8 Å². The maximum absolute atomic E-state index is 7.06. The van der Waals surface area contributed by atoms with Crippen LogP contribution in [0.4, 0.5) is 0 Å². The number of hydrogen-bond acceptors (Lipinski definition) is 5. The lowest BCUT2D eigenvalue weighted by atomic mass is 9.80. The van der Waals surface area contributed by atoms with Crippen molar-refractivity contribution in [2.45, 2.75) is 158 Å². The molecule has 1 aliphatic rings. The van der Waals surface area contributed by atoms with Gasteiger partial charge >= 0.3 is 0 Å². The Bertz CT molecular complexity index is 2310. The summed E-state index contributed by atoms with van der Waals surface area (Å²) in [5.41, 5.74) is 14.5. The Morgan fingerprint density at radius 2 is 0.817 bits per heavy atom. The lowest BCUT2D eigenvalue weighted by Gasteiger charge is -2.27. The van der Waals surface area contributed by atoms with Crippen LogP contribution in [0, 0.1) is 6.92 Å². The van der Waals surface area contributed by atoms with Gasteiger partial charge in [-0.1, -0.05) is 126 Å². The first-order valence-corrected chi connectivity index (χ1v) is 22.8. The second-order valence-electron chi connectivity index (χ2n) is 20.2. The molecule has 4 aromatic carbocycles. The number of hydrogen-bond donors (Lipinski definition) is 0. The first-order chi connectivity index (χ1) is 28.4. The molecule has 0 unspecified atom stereocenters. The van der Waals surface area contributed by atoms with E-state index in [0.29, 0.717) is 45.7 Å². The van der Waals surface area contributed by atoms with E-state index >= 15 is 0 Å². The van der Waals surface area contributed by atoms with E-state index in [9.17, 15) is 0 Å². The fourth-order valence-corrected chi connectivity index (χ4v) is 8.28. The largest absolute Gasteiger partial charge is 0.493 e. The number of rotatable bonds is 12. The average molecular weight is 812 g/mol. The Labute approximate surface area is 362 Å². The van der Waals surface area contributed by atoms with Crippen molar-refractivity contribution in [1.29, 1.82) is 0 Å². The van der Waals surface area contributed by atoms with Crippen LogP contribution in [-0.4, -0.2) is 31.4 Å². The summed E-state index contributed by atoms with van der Waals surface area (Å²) in [6.45, 7) is 34.1. The van der Waals surface area contributed by atoms with Gasteiger partial charge in [0.2, 0.25) is 0 Å². The van der Waals surface area contributed by atoms with Crippen molar-refractivity contribution in [3.8, 4) is 34.1 Å². The fourth-order valence-electron chi connectivity index (χ4n) is 8.28. The normalized spacial score (nSPS) is 13.2. The number of fused-ring (bicyclic) bond motifs is 11. The van der Waals surface area contributed by atoms with E-state index in [4.69, 9.17) is 23.9 Å². The molecule has 5 nitrogen and oxygen atoms in total. The van der Waals surface area contributed by atoms with E-state index in [1.54, 1.807) is 0 Å². The SMILES string of the molecule is CCCOc1c2cc(C(C)(C)C)cc1Cc1cc(C(C)(C)C)cc(c1OCCC)-c1cc3nc(C)ccc3c(c1OCCC)Cc1cc(C(C)(C)C)cc(c1OCCC)C2. The molecule has 60 heavy (non-hydrogen) atoms. The van der Waals surface area contributed by atoms with E-state index in [1.807, 2.05) is 0 Å². The molecule has 0 saturated heterocycles. The van der Waals surface area contributed by atoms with Gasteiger partial charge in [-0.3, -0.25) is 4.98 Å². The zero-order chi connectivity index (χ0) is 43.6. The highest BCUT2D eigenvalue weighted by molar-refractivity contribution is 5.94. The van der Waals surface area contributed by atoms with Crippen LogP contribution in [0.5, 0.6) is 23.0 Å². The van der Waals surface area contributed by atoms with Gasteiger partial charge in [0.05, 0.1) is 31.9 Å². The molecule has 5 heteroatoms. The van der Waals surface area contributed by atoms with Crippen molar-refractivity contribution >= 4 is 10.9 Å². The Hall–Kier alpha value is -4.51. The highest BCUT2D eigenvalue weighted by Gasteiger charge is 2.30. The minimum Gasteiger partial charge on any atom is -0.493 e. The summed E-state index contributed by atoms with van der Waals surface area (Å²) >= 11 is 0. The Morgan fingerprint density at radius 3 is 1.25 bits per heavy atom. The molecular formula is C55H73NO4. The molecule has 0 amide bonds. The second kappa shape index (κ2) is 18.2. The molecule has 0 aliphatic heterocycles. The molecule has 1 aliphatic carbocycles. The third-order valence-corrected chi connectivity index (χ3v) is 11.7. The molecule has 0 fully saturated rings. The van der Waals surface area contributed by atoms with Gasteiger partial charge in [-0.25, -0.2) is 0 Å². The molecule has 8 bridgehead atoms. The van der Waals surface area contributed by atoms with Gasteiger partial charge in [-0.05, 0) is 112 Å². The smallest absolute Gasteiger partial charge is 0.131 e. The first-order valence-electron chi connectivity index (χ1n) is 22.8. The van der Waals surface area contributed by atoms with E-state index < -0.39 is 0 Å². The number of aryl methyl sites for hydroxylation is 1. The number of benzene rings is 4. The minimum absolute atomic E-state index is 0.0917. The van der Waals surface area contributed by atoms with Crippen molar-refractivity contribution in [2.24, 2.45) is 0 Å². The Morgan fingerprint density at radius 1 is 0.450 bits per heavy atom. The molecule has 1 aromatic heterocycles. The molecule has 0 saturated carbocycles. The number of pyridine rings is 1. The van der Waals surface area contributed by atoms with Crippen LogP contribution in [0.15, 0.2) is 54.6 Å². The van der Waals surface area contributed by atoms with E-state index in [2.05, 4.69) is 152 Å². The van der Waals surface area contributed by atoms with E-state index in [-0.39, 0.29) is 16.2 Å². The summed E-state index contributed by atoms with van der Waals surface area (Å²) in [5, 5.41) is 1.10. The summed E-state index contributed by atoms with van der Waals surface area (Å²) in [5.74, 6) is 3.75.